The average molecular weight is 206 g/mol. The maximum atomic E-state index is 11.3. The van der Waals surface area contributed by atoms with Gasteiger partial charge in [-0.1, -0.05) is 0 Å². The third-order valence-corrected chi connectivity index (χ3v) is 2.43. The van der Waals surface area contributed by atoms with Gasteiger partial charge in [0.2, 0.25) is 5.91 Å². The van der Waals surface area contributed by atoms with Crippen molar-refractivity contribution in [2.24, 2.45) is 0 Å². The highest BCUT2D eigenvalue weighted by Gasteiger charge is 2.13. The van der Waals surface area contributed by atoms with E-state index in [1.165, 1.54) is 0 Å². The zero-order valence-electron chi connectivity index (χ0n) is 8.66. The third kappa shape index (κ3) is 5.76. The van der Waals surface area contributed by atoms with E-state index < -0.39 is 10.8 Å². The highest BCUT2D eigenvalue weighted by atomic mass is 32.2. The predicted molar refractivity (Wildman–Crippen MR) is 55.1 cm³/mol. The Kier molecular flexibility index (Phi) is 5.90. The molecule has 0 aliphatic carbocycles. The van der Waals surface area contributed by atoms with Crippen LogP contribution in [0.4, 0.5) is 0 Å². The summed E-state index contributed by atoms with van der Waals surface area (Å²) in [5, 5.41) is 3.01. The molecular formula is C8H18N2O2S. The summed E-state index contributed by atoms with van der Waals surface area (Å²) in [6.45, 7) is 2.42. The Bertz CT molecular complexity index is 195. The topological polar surface area (TPSA) is 49.4 Å². The van der Waals surface area contributed by atoms with Crippen molar-refractivity contribution in [2.45, 2.75) is 13.0 Å². The summed E-state index contributed by atoms with van der Waals surface area (Å²) in [5.41, 5.74) is 0. The Labute approximate surface area is 82.1 Å². The van der Waals surface area contributed by atoms with E-state index in [4.69, 9.17) is 0 Å². The number of carbonyl (C=O) groups is 1. The molecule has 5 heteroatoms. The smallest absolute Gasteiger partial charge is 0.238 e. The minimum Gasteiger partial charge on any atom is -0.347 e. The second kappa shape index (κ2) is 6.10. The van der Waals surface area contributed by atoms with Crippen molar-refractivity contribution >= 4 is 16.7 Å². The summed E-state index contributed by atoms with van der Waals surface area (Å²) < 4.78 is 10.7. The zero-order valence-corrected chi connectivity index (χ0v) is 9.48. The fourth-order valence-corrected chi connectivity index (χ4v) is 1.30. The van der Waals surface area contributed by atoms with Crippen LogP contribution in [0.5, 0.6) is 0 Å². The molecule has 0 saturated carbocycles. The molecule has 1 amide bonds. The Hall–Kier alpha value is -0.420. The van der Waals surface area contributed by atoms with Gasteiger partial charge in [-0.05, 0) is 6.92 Å². The van der Waals surface area contributed by atoms with Gasteiger partial charge >= 0.3 is 0 Å². The second-order valence-corrected chi connectivity index (χ2v) is 4.74. The Morgan fingerprint density at radius 1 is 1.54 bits per heavy atom. The van der Waals surface area contributed by atoms with Crippen LogP contribution in [0.15, 0.2) is 0 Å². The Morgan fingerprint density at radius 3 is 2.46 bits per heavy atom. The first-order chi connectivity index (χ1) is 5.95. The number of nitrogens with one attached hydrogen (secondary N) is 1. The van der Waals surface area contributed by atoms with E-state index in [2.05, 4.69) is 5.32 Å². The summed E-state index contributed by atoms with van der Waals surface area (Å²) in [6.07, 6.45) is 1.65. The lowest BCUT2D eigenvalue weighted by Crippen LogP contribution is -2.42. The number of rotatable bonds is 5. The first-order valence-electron chi connectivity index (χ1n) is 4.19. The number of hydrogen-bond acceptors (Lipinski definition) is 3. The van der Waals surface area contributed by atoms with Gasteiger partial charge in [-0.2, -0.15) is 0 Å². The third-order valence-electron chi connectivity index (χ3n) is 1.65. The van der Waals surface area contributed by atoms with Crippen LogP contribution in [0.25, 0.3) is 0 Å². The molecular weight excluding hydrogens is 188 g/mol. The molecule has 0 fully saturated rings. The zero-order chi connectivity index (χ0) is 10.4. The van der Waals surface area contributed by atoms with Gasteiger partial charge in [-0.15, -0.1) is 0 Å². The van der Waals surface area contributed by atoms with E-state index in [-0.39, 0.29) is 11.9 Å². The predicted octanol–water partition coefficient (Wildman–Crippen LogP) is -0.569. The maximum absolute atomic E-state index is 11.3. The van der Waals surface area contributed by atoms with Crippen molar-refractivity contribution in [2.75, 3.05) is 32.6 Å². The first-order valence-corrected chi connectivity index (χ1v) is 5.92. The fraction of sp³-hybridized carbons (Fsp3) is 0.875. The quantitative estimate of drug-likeness (QED) is 0.655. The Balaban J connectivity index is 3.68. The number of amides is 1. The highest BCUT2D eigenvalue weighted by molar-refractivity contribution is 7.84. The van der Waals surface area contributed by atoms with Crippen LogP contribution in [0.3, 0.4) is 0 Å². The van der Waals surface area contributed by atoms with E-state index >= 15 is 0 Å². The van der Waals surface area contributed by atoms with Crippen LogP contribution in [0.1, 0.15) is 6.92 Å². The molecule has 0 saturated heterocycles. The lowest BCUT2D eigenvalue weighted by molar-refractivity contribution is -0.130. The van der Waals surface area contributed by atoms with Gasteiger partial charge in [0.15, 0.2) is 0 Å². The molecule has 0 radical (unpaired) electrons. The van der Waals surface area contributed by atoms with Gasteiger partial charge in [0.05, 0.1) is 6.04 Å². The Morgan fingerprint density at radius 2 is 2.08 bits per heavy atom. The molecule has 0 aliphatic rings. The number of hydrogen-bond donors (Lipinski definition) is 1. The van der Waals surface area contributed by atoms with Gasteiger partial charge in [0.25, 0.3) is 0 Å². The van der Waals surface area contributed by atoms with Crippen LogP contribution in [-0.4, -0.2) is 53.7 Å². The molecule has 78 valence electrons. The highest BCUT2D eigenvalue weighted by Crippen LogP contribution is 1.87. The molecule has 0 aromatic rings. The van der Waals surface area contributed by atoms with Crippen LogP contribution < -0.4 is 5.32 Å². The molecule has 1 N–H and O–H groups in total. The molecule has 0 aromatic heterocycles. The molecule has 13 heavy (non-hydrogen) atoms. The largest absolute Gasteiger partial charge is 0.347 e. The van der Waals surface area contributed by atoms with Gasteiger partial charge in [-0.3, -0.25) is 9.00 Å². The lowest BCUT2D eigenvalue weighted by atomic mass is 10.3. The van der Waals surface area contributed by atoms with E-state index in [0.29, 0.717) is 12.3 Å². The van der Waals surface area contributed by atoms with Gasteiger partial charge < -0.3 is 10.2 Å². The fourth-order valence-electron chi connectivity index (χ4n) is 0.894. The van der Waals surface area contributed by atoms with Gasteiger partial charge in [0, 0.05) is 43.4 Å². The van der Waals surface area contributed by atoms with Gasteiger partial charge in [-0.25, -0.2) is 0 Å². The summed E-state index contributed by atoms with van der Waals surface area (Å²) in [5.74, 6) is 0.632. The molecule has 0 spiro atoms. The van der Waals surface area contributed by atoms with Crippen LogP contribution in [-0.2, 0) is 15.6 Å². The molecule has 0 heterocycles. The normalized spacial score (nSPS) is 15.1. The molecule has 2 unspecified atom stereocenters. The molecule has 0 bridgehead atoms. The second-order valence-electron chi connectivity index (χ2n) is 3.19. The van der Waals surface area contributed by atoms with Gasteiger partial charge in [0.1, 0.15) is 0 Å². The number of likely N-dealkylation sites (N-methyl/N-ethyl adjacent to an activating group) is 1. The SMILES string of the molecule is CC(NCCS(C)=O)C(=O)N(C)C. The lowest BCUT2D eigenvalue weighted by Gasteiger charge is -2.17. The maximum Gasteiger partial charge on any atom is 0.238 e. The molecule has 0 rings (SSSR count). The summed E-state index contributed by atoms with van der Waals surface area (Å²) >= 11 is 0. The number of carbonyl (C=O) groups excluding carboxylic acids is 1. The van der Waals surface area contributed by atoms with E-state index in [1.54, 1.807) is 32.2 Å². The monoisotopic (exact) mass is 206 g/mol. The minimum atomic E-state index is -0.793. The van der Waals surface area contributed by atoms with Crippen LogP contribution in [0.2, 0.25) is 0 Å². The number of nitrogens with zero attached hydrogens (tertiary/aromatic N) is 1. The summed E-state index contributed by atoms with van der Waals surface area (Å²) in [7, 11) is 2.65. The van der Waals surface area contributed by atoms with Crippen molar-refractivity contribution in [3.8, 4) is 0 Å². The van der Waals surface area contributed by atoms with Crippen molar-refractivity contribution < 1.29 is 9.00 Å². The summed E-state index contributed by atoms with van der Waals surface area (Å²) in [6, 6.07) is -0.196. The molecule has 0 aromatic carbocycles. The molecule has 0 aliphatic heterocycles. The van der Waals surface area contributed by atoms with Crippen molar-refractivity contribution in [3.63, 3.8) is 0 Å². The standard InChI is InChI=1S/C8H18N2O2S/c1-7(8(11)10(2)3)9-5-6-13(4)12/h7,9H,5-6H2,1-4H3. The average Bonchev–Trinajstić information content (AvgIpc) is 2.02. The van der Waals surface area contributed by atoms with Crippen molar-refractivity contribution in [3.05, 3.63) is 0 Å². The van der Waals surface area contributed by atoms with E-state index in [9.17, 15) is 9.00 Å². The minimum absolute atomic E-state index is 0.0434. The van der Waals surface area contributed by atoms with Crippen molar-refractivity contribution in [1.82, 2.24) is 10.2 Å². The van der Waals surface area contributed by atoms with Crippen LogP contribution in [0, 0.1) is 0 Å². The van der Waals surface area contributed by atoms with Crippen LogP contribution >= 0.6 is 0 Å². The summed E-state index contributed by atoms with van der Waals surface area (Å²) in [4.78, 5) is 12.8. The van der Waals surface area contributed by atoms with Crippen molar-refractivity contribution in [1.29, 1.82) is 0 Å². The molecule has 2 atom stereocenters. The first kappa shape index (κ1) is 12.6. The van der Waals surface area contributed by atoms with E-state index in [1.807, 2.05) is 0 Å². The van der Waals surface area contributed by atoms with E-state index in [0.717, 1.165) is 0 Å². The molecule has 4 nitrogen and oxygen atoms in total.